The number of hydrogen-bond donors (Lipinski definition) is 1. The standard InChI is InChI=1S/C20H29N3O.HI/c1-3-21-20(23(2)12-14-8-9-24-13-14)22-11-18-17-10-15-6-4-5-7-16(15)19(17)18;/h4-7,14,17-19H,3,8-13H2,1-2H3,(H,21,22);1H. The quantitative estimate of drug-likeness (QED) is 0.421. The molecule has 1 aliphatic heterocycles. The van der Waals surface area contributed by atoms with E-state index in [4.69, 9.17) is 9.73 Å². The van der Waals surface area contributed by atoms with E-state index in [1.807, 2.05) is 0 Å². The van der Waals surface area contributed by atoms with Crippen LogP contribution in [-0.4, -0.2) is 50.8 Å². The Hall–Kier alpha value is -0.820. The summed E-state index contributed by atoms with van der Waals surface area (Å²) in [6, 6.07) is 8.97. The van der Waals surface area contributed by atoms with Crippen molar-refractivity contribution in [2.45, 2.75) is 25.7 Å². The molecule has 3 aliphatic rings. The van der Waals surface area contributed by atoms with Crippen LogP contribution in [0.1, 0.15) is 30.4 Å². The summed E-state index contributed by atoms with van der Waals surface area (Å²) in [5.74, 6) is 4.05. The molecule has 0 bridgehead atoms. The SMILES string of the molecule is CCNC(=NCC1C2Cc3ccccc3C12)N(C)CC1CCOC1.I. The molecule has 0 amide bonds. The molecule has 0 aromatic heterocycles. The number of ether oxygens (including phenoxy) is 1. The molecular formula is C20H30IN3O. The maximum atomic E-state index is 5.50. The Labute approximate surface area is 168 Å². The molecule has 138 valence electrons. The van der Waals surface area contributed by atoms with Crippen LogP contribution in [0.25, 0.3) is 0 Å². The molecule has 4 rings (SSSR count). The lowest BCUT2D eigenvalue weighted by molar-refractivity contribution is 0.181. The van der Waals surface area contributed by atoms with Gasteiger partial charge in [-0.05, 0) is 48.6 Å². The van der Waals surface area contributed by atoms with E-state index >= 15 is 0 Å². The van der Waals surface area contributed by atoms with Crippen LogP contribution < -0.4 is 5.32 Å². The number of rotatable bonds is 5. The van der Waals surface area contributed by atoms with Crippen molar-refractivity contribution in [2.24, 2.45) is 22.7 Å². The minimum Gasteiger partial charge on any atom is -0.381 e. The van der Waals surface area contributed by atoms with Crippen molar-refractivity contribution in [3.8, 4) is 0 Å². The van der Waals surface area contributed by atoms with Crippen molar-refractivity contribution in [3.63, 3.8) is 0 Å². The number of benzene rings is 1. The van der Waals surface area contributed by atoms with Crippen molar-refractivity contribution in [1.29, 1.82) is 0 Å². The third kappa shape index (κ3) is 3.97. The van der Waals surface area contributed by atoms with Gasteiger partial charge in [0.15, 0.2) is 5.96 Å². The highest BCUT2D eigenvalue weighted by Crippen LogP contribution is 2.61. The van der Waals surface area contributed by atoms with Crippen molar-refractivity contribution < 1.29 is 4.74 Å². The summed E-state index contributed by atoms with van der Waals surface area (Å²) < 4.78 is 5.50. The smallest absolute Gasteiger partial charge is 0.193 e. The minimum atomic E-state index is 0. The van der Waals surface area contributed by atoms with Crippen molar-refractivity contribution in [3.05, 3.63) is 35.4 Å². The summed E-state index contributed by atoms with van der Waals surface area (Å²) in [6.07, 6.45) is 2.43. The Bertz CT molecular complexity index is 615. The molecule has 25 heavy (non-hydrogen) atoms. The Morgan fingerprint density at radius 3 is 2.96 bits per heavy atom. The van der Waals surface area contributed by atoms with Gasteiger partial charge in [-0.2, -0.15) is 0 Å². The lowest BCUT2D eigenvalue weighted by Crippen LogP contribution is -2.41. The summed E-state index contributed by atoms with van der Waals surface area (Å²) in [4.78, 5) is 7.25. The fraction of sp³-hybridized carbons (Fsp3) is 0.650. The number of hydrogen-bond acceptors (Lipinski definition) is 2. The monoisotopic (exact) mass is 455 g/mol. The predicted molar refractivity (Wildman–Crippen MR) is 113 cm³/mol. The van der Waals surface area contributed by atoms with Gasteiger partial charge < -0.3 is 15.0 Å². The van der Waals surface area contributed by atoms with Gasteiger partial charge in [-0.1, -0.05) is 24.3 Å². The van der Waals surface area contributed by atoms with Gasteiger partial charge in [0.2, 0.25) is 0 Å². The second-order valence-corrected chi connectivity index (χ2v) is 7.56. The Morgan fingerprint density at radius 1 is 1.36 bits per heavy atom. The molecule has 1 saturated heterocycles. The van der Waals surface area contributed by atoms with E-state index in [0.717, 1.165) is 56.6 Å². The van der Waals surface area contributed by atoms with Crippen molar-refractivity contribution >= 4 is 29.9 Å². The number of halogens is 1. The zero-order valence-electron chi connectivity index (χ0n) is 15.3. The highest BCUT2D eigenvalue weighted by Gasteiger charge is 2.54. The van der Waals surface area contributed by atoms with Crippen LogP contribution in [0.2, 0.25) is 0 Å². The predicted octanol–water partition coefficient (Wildman–Crippen LogP) is 3.12. The first kappa shape index (κ1) is 19.0. The largest absolute Gasteiger partial charge is 0.381 e. The molecule has 1 heterocycles. The summed E-state index contributed by atoms with van der Waals surface area (Å²) in [5.41, 5.74) is 3.15. The van der Waals surface area contributed by atoms with E-state index in [9.17, 15) is 0 Å². The molecule has 1 aromatic carbocycles. The first-order chi connectivity index (χ1) is 11.8. The van der Waals surface area contributed by atoms with E-state index in [-0.39, 0.29) is 24.0 Å². The average Bonchev–Trinajstić information content (AvgIpc) is 2.94. The number of fused-ring (bicyclic) bond motifs is 3. The molecule has 4 unspecified atom stereocenters. The molecule has 1 aromatic rings. The molecule has 4 atom stereocenters. The highest BCUT2D eigenvalue weighted by molar-refractivity contribution is 14.0. The normalized spacial score (nSPS) is 29.6. The lowest BCUT2D eigenvalue weighted by Gasteiger charge is -2.24. The minimum absolute atomic E-state index is 0. The molecule has 0 radical (unpaired) electrons. The molecule has 2 fully saturated rings. The topological polar surface area (TPSA) is 36.9 Å². The van der Waals surface area contributed by atoms with Gasteiger partial charge in [-0.25, -0.2) is 0 Å². The summed E-state index contributed by atoms with van der Waals surface area (Å²) >= 11 is 0. The van der Waals surface area contributed by atoms with Crippen LogP contribution in [0.3, 0.4) is 0 Å². The van der Waals surface area contributed by atoms with Crippen molar-refractivity contribution in [2.75, 3.05) is 39.9 Å². The number of nitrogens with one attached hydrogen (secondary N) is 1. The average molecular weight is 455 g/mol. The molecular weight excluding hydrogens is 425 g/mol. The third-order valence-corrected chi connectivity index (χ3v) is 5.91. The van der Waals surface area contributed by atoms with E-state index < -0.39 is 0 Å². The molecule has 0 spiro atoms. The first-order valence-electron chi connectivity index (χ1n) is 9.43. The van der Waals surface area contributed by atoms with Crippen LogP contribution >= 0.6 is 24.0 Å². The van der Waals surface area contributed by atoms with Crippen LogP contribution in [0.4, 0.5) is 0 Å². The Kier molecular flexibility index (Phi) is 6.25. The Balaban J connectivity index is 0.00000182. The zero-order valence-corrected chi connectivity index (χ0v) is 17.6. The zero-order chi connectivity index (χ0) is 16.5. The van der Waals surface area contributed by atoms with E-state index in [1.165, 1.54) is 12.8 Å². The van der Waals surface area contributed by atoms with Crippen LogP contribution in [0.5, 0.6) is 0 Å². The van der Waals surface area contributed by atoms with Gasteiger partial charge >= 0.3 is 0 Å². The van der Waals surface area contributed by atoms with E-state index in [2.05, 4.69) is 48.5 Å². The lowest BCUT2D eigenvalue weighted by atomic mass is 10.0. The molecule has 2 aliphatic carbocycles. The maximum absolute atomic E-state index is 5.50. The van der Waals surface area contributed by atoms with Crippen LogP contribution in [-0.2, 0) is 11.2 Å². The molecule has 1 saturated carbocycles. The second kappa shape index (κ2) is 8.25. The van der Waals surface area contributed by atoms with Crippen LogP contribution in [0, 0.1) is 17.8 Å². The van der Waals surface area contributed by atoms with E-state index in [0.29, 0.717) is 5.92 Å². The third-order valence-electron chi connectivity index (χ3n) is 5.91. The van der Waals surface area contributed by atoms with Gasteiger partial charge in [0.05, 0.1) is 6.61 Å². The van der Waals surface area contributed by atoms with Crippen LogP contribution in [0.15, 0.2) is 29.3 Å². The summed E-state index contributed by atoms with van der Waals surface area (Å²) in [7, 11) is 2.16. The highest BCUT2D eigenvalue weighted by atomic mass is 127. The van der Waals surface area contributed by atoms with E-state index in [1.54, 1.807) is 11.1 Å². The molecule has 5 heteroatoms. The maximum Gasteiger partial charge on any atom is 0.193 e. The number of nitrogens with zero attached hydrogens (tertiary/aromatic N) is 2. The van der Waals surface area contributed by atoms with Gasteiger partial charge in [0.1, 0.15) is 0 Å². The fourth-order valence-corrected chi connectivity index (χ4v) is 4.60. The van der Waals surface area contributed by atoms with Crippen molar-refractivity contribution in [1.82, 2.24) is 10.2 Å². The first-order valence-corrected chi connectivity index (χ1v) is 9.43. The Morgan fingerprint density at radius 2 is 2.20 bits per heavy atom. The molecule has 1 N–H and O–H groups in total. The molecule has 4 nitrogen and oxygen atoms in total. The van der Waals surface area contributed by atoms with Gasteiger partial charge in [0.25, 0.3) is 0 Å². The van der Waals surface area contributed by atoms with Gasteiger partial charge in [0, 0.05) is 39.2 Å². The summed E-state index contributed by atoms with van der Waals surface area (Å²) in [5, 5.41) is 3.46. The number of aliphatic imine (C=N–C) groups is 1. The van der Waals surface area contributed by atoms with Gasteiger partial charge in [-0.15, -0.1) is 24.0 Å². The van der Waals surface area contributed by atoms with Gasteiger partial charge in [-0.3, -0.25) is 4.99 Å². The number of guanidine groups is 1. The summed E-state index contributed by atoms with van der Waals surface area (Å²) in [6.45, 7) is 6.86. The fourth-order valence-electron chi connectivity index (χ4n) is 4.60. The second-order valence-electron chi connectivity index (χ2n) is 7.56.